The summed E-state index contributed by atoms with van der Waals surface area (Å²) in [6.45, 7) is 3.37. The lowest BCUT2D eigenvalue weighted by Crippen LogP contribution is -2.07. The summed E-state index contributed by atoms with van der Waals surface area (Å²) in [7, 11) is 1.29. The van der Waals surface area contributed by atoms with Crippen molar-refractivity contribution in [2.24, 2.45) is 0 Å². The third-order valence-electron chi connectivity index (χ3n) is 2.08. The van der Waals surface area contributed by atoms with Crippen LogP contribution < -0.4 is 4.74 Å². The van der Waals surface area contributed by atoms with Crippen molar-refractivity contribution in [1.82, 2.24) is 0 Å². The average molecular weight is 348 g/mol. The Morgan fingerprint density at radius 1 is 1.11 bits per heavy atom. The molecule has 4 nitrogen and oxygen atoms in total. The SMILES string of the molecule is CCCOCCOc1cc(Cl)c(S(=O)(=O)Cl)cc1Cl. The first-order chi connectivity index (χ1) is 8.86. The number of benzene rings is 1. The number of rotatable bonds is 7. The quantitative estimate of drug-likeness (QED) is 0.557. The van der Waals surface area contributed by atoms with Crippen LogP contribution in [0.2, 0.25) is 10.0 Å². The van der Waals surface area contributed by atoms with Crippen LogP contribution in [0.4, 0.5) is 0 Å². The second-order valence-corrected chi connectivity index (χ2v) is 6.96. The van der Waals surface area contributed by atoms with Crippen LogP contribution in [0.25, 0.3) is 0 Å². The Balaban J connectivity index is 2.74. The molecule has 0 unspecified atom stereocenters. The van der Waals surface area contributed by atoms with E-state index >= 15 is 0 Å². The Kier molecular flexibility index (Phi) is 6.69. The Morgan fingerprint density at radius 3 is 2.37 bits per heavy atom. The van der Waals surface area contributed by atoms with Crippen molar-refractivity contribution in [3.63, 3.8) is 0 Å². The molecule has 0 radical (unpaired) electrons. The fraction of sp³-hybridized carbons (Fsp3) is 0.455. The lowest BCUT2D eigenvalue weighted by atomic mass is 10.3. The van der Waals surface area contributed by atoms with Gasteiger partial charge in [0.05, 0.1) is 16.7 Å². The van der Waals surface area contributed by atoms with Gasteiger partial charge < -0.3 is 9.47 Å². The average Bonchev–Trinajstić information content (AvgIpc) is 2.31. The van der Waals surface area contributed by atoms with Gasteiger partial charge in [0.1, 0.15) is 17.3 Å². The predicted octanol–water partition coefficient (Wildman–Crippen LogP) is 3.73. The molecular weight excluding hydrogens is 335 g/mol. The van der Waals surface area contributed by atoms with Crippen LogP contribution in [0.1, 0.15) is 13.3 Å². The van der Waals surface area contributed by atoms with E-state index in [0.29, 0.717) is 19.8 Å². The zero-order chi connectivity index (χ0) is 14.5. The molecule has 0 saturated carbocycles. The van der Waals surface area contributed by atoms with Gasteiger partial charge in [0.25, 0.3) is 9.05 Å². The first-order valence-electron chi connectivity index (χ1n) is 5.50. The summed E-state index contributed by atoms with van der Waals surface area (Å²) in [4.78, 5) is -0.240. The lowest BCUT2D eigenvalue weighted by molar-refractivity contribution is 0.101. The lowest BCUT2D eigenvalue weighted by Gasteiger charge is -2.10. The normalized spacial score (nSPS) is 11.6. The monoisotopic (exact) mass is 346 g/mol. The zero-order valence-corrected chi connectivity index (χ0v) is 13.2. The summed E-state index contributed by atoms with van der Waals surface area (Å²) in [6, 6.07) is 2.48. The van der Waals surface area contributed by atoms with Crippen molar-refractivity contribution in [2.75, 3.05) is 19.8 Å². The molecular formula is C11H13Cl3O4S. The highest BCUT2D eigenvalue weighted by molar-refractivity contribution is 8.13. The standard InChI is InChI=1S/C11H13Cl3O4S/c1-2-3-17-4-5-18-10-6-9(13)11(7-8(10)12)19(14,15)16/h6-7H,2-5H2,1H3. The summed E-state index contributed by atoms with van der Waals surface area (Å²) in [5.74, 6) is 0.288. The van der Waals surface area contributed by atoms with Gasteiger partial charge in [-0.3, -0.25) is 0 Å². The first-order valence-corrected chi connectivity index (χ1v) is 8.57. The van der Waals surface area contributed by atoms with Crippen LogP contribution in [0, 0.1) is 0 Å². The van der Waals surface area contributed by atoms with E-state index in [1.807, 2.05) is 6.92 Å². The summed E-state index contributed by atoms with van der Waals surface area (Å²) < 4.78 is 33.0. The van der Waals surface area contributed by atoms with Crippen molar-refractivity contribution in [1.29, 1.82) is 0 Å². The maximum Gasteiger partial charge on any atom is 0.262 e. The minimum Gasteiger partial charge on any atom is -0.490 e. The van der Waals surface area contributed by atoms with E-state index in [0.717, 1.165) is 12.5 Å². The van der Waals surface area contributed by atoms with Crippen LogP contribution in [0.3, 0.4) is 0 Å². The molecule has 1 aromatic rings. The summed E-state index contributed by atoms with van der Waals surface area (Å²) in [6.07, 6.45) is 0.925. The van der Waals surface area contributed by atoms with Gasteiger partial charge in [-0.2, -0.15) is 0 Å². The Hall–Kier alpha value is -0.200. The summed E-state index contributed by atoms with van der Waals surface area (Å²) >= 11 is 11.7. The molecule has 0 N–H and O–H groups in total. The van der Waals surface area contributed by atoms with Gasteiger partial charge >= 0.3 is 0 Å². The van der Waals surface area contributed by atoms with Gasteiger partial charge in [0, 0.05) is 23.4 Å². The molecule has 0 aliphatic rings. The van der Waals surface area contributed by atoms with E-state index in [4.69, 9.17) is 43.4 Å². The van der Waals surface area contributed by atoms with E-state index in [1.54, 1.807) is 0 Å². The van der Waals surface area contributed by atoms with Crippen LogP contribution in [0.15, 0.2) is 17.0 Å². The molecule has 19 heavy (non-hydrogen) atoms. The molecule has 0 aromatic heterocycles. The molecule has 108 valence electrons. The third-order valence-corrected chi connectivity index (χ3v) is 4.16. The van der Waals surface area contributed by atoms with E-state index in [-0.39, 0.29) is 20.7 Å². The Morgan fingerprint density at radius 2 is 1.79 bits per heavy atom. The maximum atomic E-state index is 11.2. The fourth-order valence-electron chi connectivity index (χ4n) is 1.26. The van der Waals surface area contributed by atoms with Gasteiger partial charge in [0.15, 0.2) is 0 Å². The van der Waals surface area contributed by atoms with Gasteiger partial charge in [0.2, 0.25) is 0 Å². The number of halogens is 3. The molecule has 0 heterocycles. The molecule has 0 atom stereocenters. The number of ether oxygens (including phenoxy) is 2. The van der Waals surface area contributed by atoms with E-state index in [2.05, 4.69) is 0 Å². The van der Waals surface area contributed by atoms with Crippen LogP contribution in [-0.2, 0) is 13.8 Å². The Labute approximate surface area is 127 Å². The number of hydrogen-bond donors (Lipinski definition) is 0. The van der Waals surface area contributed by atoms with E-state index in [1.165, 1.54) is 6.07 Å². The molecule has 0 spiro atoms. The smallest absolute Gasteiger partial charge is 0.262 e. The van der Waals surface area contributed by atoms with Crippen LogP contribution in [0.5, 0.6) is 5.75 Å². The summed E-state index contributed by atoms with van der Waals surface area (Å²) in [5.41, 5.74) is 0. The molecule has 0 amide bonds. The molecule has 1 aromatic carbocycles. The molecule has 0 fully saturated rings. The van der Waals surface area contributed by atoms with Crippen molar-refractivity contribution >= 4 is 42.9 Å². The summed E-state index contributed by atoms with van der Waals surface area (Å²) in [5, 5.41) is 0.0861. The van der Waals surface area contributed by atoms with Gasteiger partial charge in [-0.15, -0.1) is 0 Å². The van der Waals surface area contributed by atoms with Gasteiger partial charge in [-0.05, 0) is 12.5 Å². The van der Waals surface area contributed by atoms with Crippen molar-refractivity contribution in [3.05, 3.63) is 22.2 Å². The highest BCUT2D eigenvalue weighted by Gasteiger charge is 2.18. The van der Waals surface area contributed by atoms with Crippen LogP contribution >= 0.6 is 33.9 Å². The minimum absolute atomic E-state index is 0.0381. The predicted molar refractivity (Wildman–Crippen MR) is 76.1 cm³/mol. The maximum absolute atomic E-state index is 11.2. The molecule has 0 aliphatic heterocycles. The zero-order valence-electron chi connectivity index (χ0n) is 10.2. The molecule has 1 rings (SSSR count). The second-order valence-electron chi connectivity index (χ2n) is 3.61. The number of hydrogen-bond acceptors (Lipinski definition) is 4. The topological polar surface area (TPSA) is 52.6 Å². The van der Waals surface area contributed by atoms with Gasteiger partial charge in [-0.25, -0.2) is 8.42 Å². The van der Waals surface area contributed by atoms with Crippen LogP contribution in [-0.4, -0.2) is 28.2 Å². The minimum atomic E-state index is -3.93. The highest BCUT2D eigenvalue weighted by atomic mass is 35.7. The largest absolute Gasteiger partial charge is 0.490 e. The van der Waals surface area contributed by atoms with E-state index < -0.39 is 9.05 Å². The third kappa shape index (κ3) is 5.36. The molecule has 8 heteroatoms. The van der Waals surface area contributed by atoms with Crippen molar-refractivity contribution < 1.29 is 17.9 Å². The Bertz CT molecular complexity index is 531. The fourth-order valence-corrected chi connectivity index (χ4v) is 3.06. The highest BCUT2D eigenvalue weighted by Crippen LogP contribution is 2.34. The van der Waals surface area contributed by atoms with Crippen molar-refractivity contribution in [3.8, 4) is 5.75 Å². The van der Waals surface area contributed by atoms with Gasteiger partial charge in [-0.1, -0.05) is 30.1 Å². The molecule has 0 bridgehead atoms. The van der Waals surface area contributed by atoms with Crippen molar-refractivity contribution in [2.45, 2.75) is 18.2 Å². The molecule has 0 aliphatic carbocycles. The molecule has 0 saturated heterocycles. The first kappa shape index (κ1) is 16.9. The second kappa shape index (κ2) is 7.55. The van der Waals surface area contributed by atoms with E-state index in [9.17, 15) is 8.42 Å².